The SMILES string of the molecule is CN1CCC(CNS(=O)(=O)c2ccc(F)cc2)C1. The normalized spacial score (nSPS) is 21.3. The molecule has 100 valence electrons. The fourth-order valence-corrected chi connectivity index (χ4v) is 3.23. The second kappa shape index (κ2) is 5.34. The van der Waals surface area contributed by atoms with Gasteiger partial charge in [-0.05, 0) is 50.2 Å². The number of sulfonamides is 1. The Bertz CT molecular complexity index is 501. The maximum absolute atomic E-state index is 12.7. The summed E-state index contributed by atoms with van der Waals surface area (Å²) in [7, 11) is -1.49. The summed E-state index contributed by atoms with van der Waals surface area (Å²) in [6, 6.07) is 4.85. The fraction of sp³-hybridized carbons (Fsp3) is 0.500. The molecule has 1 aliphatic heterocycles. The van der Waals surface area contributed by atoms with Crippen LogP contribution in [0.2, 0.25) is 0 Å². The predicted octanol–water partition coefficient (Wildman–Crippen LogP) is 1.06. The average molecular weight is 272 g/mol. The van der Waals surface area contributed by atoms with Gasteiger partial charge in [0, 0.05) is 13.1 Å². The van der Waals surface area contributed by atoms with Gasteiger partial charge in [0.1, 0.15) is 5.82 Å². The molecular weight excluding hydrogens is 255 g/mol. The van der Waals surface area contributed by atoms with Gasteiger partial charge in [-0.3, -0.25) is 0 Å². The van der Waals surface area contributed by atoms with E-state index in [-0.39, 0.29) is 4.90 Å². The monoisotopic (exact) mass is 272 g/mol. The molecule has 1 fully saturated rings. The molecule has 1 atom stereocenters. The zero-order valence-electron chi connectivity index (χ0n) is 10.3. The highest BCUT2D eigenvalue weighted by Crippen LogP contribution is 2.15. The molecule has 1 N–H and O–H groups in total. The van der Waals surface area contributed by atoms with Crippen molar-refractivity contribution in [2.45, 2.75) is 11.3 Å². The van der Waals surface area contributed by atoms with Gasteiger partial charge in [-0.1, -0.05) is 0 Å². The van der Waals surface area contributed by atoms with E-state index in [9.17, 15) is 12.8 Å². The Hall–Kier alpha value is -0.980. The van der Waals surface area contributed by atoms with Crippen LogP contribution in [0.5, 0.6) is 0 Å². The third-order valence-electron chi connectivity index (χ3n) is 3.17. The van der Waals surface area contributed by atoms with Crippen molar-refractivity contribution in [1.29, 1.82) is 0 Å². The molecule has 2 rings (SSSR count). The molecule has 0 bridgehead atoms. The molecule has 1 aromatic rings. The summed E-state index contributed by atoms with van der Waals surface area (Å²) >= 11 is 0. The van der Waals surface area contributed by atoms with Crippen molar-refractivity contribution < 1.29 is 12.8 Å². The summed E-state index contributed by atoms with van der Waals surface area (Å²) in [6.45, 7) is 2.35. The van der Waals surface area contributed by atoms with Crippen LogP contribution in [-0.4, -0.2) is 40.0 Å². The van der Waals surface area contributed by atoms with E-state index in [1.54, 1.807) is 0 Å². The molecule has 1 aromatic carbocycles. The van der Waals surface area contributed by atoms with Crippen molar-refractivity contribution in [2.24, 2.45) is 5.92 Å². The molecule has 1 unspecified atom stereocenters. The van der Waals surface area contributed by atoms with Crippen molar-refractivity contribution in [3.8, 4) is 0 Å². The number of nitrogens with one attached hydrogen (secondary N) is 1. The summed E-state index contributed by atoms with van der Waals surface area (Å²) in [4.78, 5) is 2.28. The van der Waals surface area contributed by atoms with Crippen LogP contribution in [0.25, 0.3) is 0 Å². The molecule has 0 saturated carbocycles. The van der Waals surface area contributed by atoms with Crippen LogP contribution in [0.1, 0.15) is 6.42 Å². The van der Waals surface area contributed by atoms with Gasteiger partial charge < -0.3 is 4.90 Å². The van der Waals surface area contributed by atoms with Gasteiger partial charge in [-0.2, -0.15) is 0 Å². The van der Waals surface area contributed by atoms with E-state index in [1.165, 1.54) is 12.1 Å². The number of hydrogen-bond acceptors (Lipinski definition) is 3. The maximum Gasteiger partial charge on any atom is 0.240 e. The molecular formula is C12H17FN2O2S. The van der Waals surface area contributed by atoms with Gasteiger partial charge in [0.15, 0.2) is 0 Å². The lowest BCUT2D eigenvalue weighted by Crippen LogP contribution is -2.30. The highest BCUT2D eigenvalue weighted by Gasteiger charge is 2.22. The molecule has 0 amide bonds. The first kappa shape index (κ1) is 13.5. The molecule has 0 radical (unpaired) electrons. The third-order valence-corrected chi connectivity index (χ3v) is 4.61. The van der Waals surface area contributed by atoms with Crippen molar-refractivity contribution in [2.75, 3.05) is 26.7 Å². The lowest BCUT2D eigenvalue weighted by atomic mass is 10.1. The van der Waals surface area contributed by atoms with Gasteiger partial charge in [-0.15, -0.1) is 0 Å². The quantitative estimate of drug-likeness (QED) is 0.891. The largest absolute Gasteiger partial charge is 0.306 e. The molecule has 1 saturated heterocycles. The first-order valence-electron chi connectivity index (χ1n) is 5.91. The van der Waals surface area contributed by atoms with E-state index < -0.39 is 15.8 Å². The summed E-state index contributed by atoms with van der Waals surface area (Å²) < 4.78 is 39.2. The van der Waals surface area contributed by atoms with E-state index in [1.807, 2.05) is 7.05 Å². The Morgan fingerprint density at radius 3 is 2.61 bits per heavy atom. The smallest absolute Gasteiger partial charge is 0.240 e. The third kappa shape index (κ3) is 3.28. The molecule has 4 nitrogen and oxygen atoms in total. The Labute approximate surface area is 107 Å². The maximum atomic E-state index is 12.7. The van der Waals surface area contributed by atoms with Crippen LogP contribution in [0.3, 0.4) is 0 Å². The van der Waals surface area contributed by atoms with E-state index in [4.69, 9.17) is 0 Å². The lowest BCUT2D eigenvalue weighted by Gasteiger charge is -2.12. The van der Waals surface area contributed by atoms with Crippen LogP contribution in [0.15, 0.2) is 29.2 Å². The van der Waals surface area contributed by atoms with Crippen LogP contribution in [0.4, 0.5) is 4.39 Å². The summed E-state index contributed by atoms with van der Waals surface area (Å²) in [5.41, 5.74) is 0. The number of halogens is 1. The number of likely N-dealkylation sites (tertiary alicyclic amines) is 1. The lowest BCUT2D eigenvalue weighted by molar-refractivity contribution is 0.394. The van der Waals surface area contributed by atoms with E-state index >= 15 is 0 Å². The Morgan fingerprint density at radius 2 is 2.06 bits per heavy atom. The van der Waals surface area contributed by atoms with Crippen molar-refractivity contribution in [3.05, 3.63) is 30.1 Å². The Morgan fingerprint density at radius 1 is 1.39 bits per heavy atom. The first-order chi connectivity index (χ1) is 8.47. The van der Waals surface area contributed by atoms with E-state index in [0.717, 1.165) is 31.6 Å². The minimum atomic E-state index is -3.52. The molecule has 0 aliphatic carbocycles. The first-order valence-corrected chi connectivity index (χ1v) is 7.39. The Balaban J connectivity index is 1.97. The summed E-state index contributed by atoms with van der Waals surface area (Å²) in [5.74, 6) is -0.0865. The fourth-order valence-electron chi connectivity index (χ4n) is 2.12. The molecule has 1 heterocycles. The molecule has 6 heteroatoms. The molecule has 0 spiro atoms. The predicted molar refractivity (Wildman–Crippen MR) is 67.2 cm³/mol. The van der Waals surface area contributed by atoms with Crippen molar-refractivity contribution >= 4 is 10.0 Å². The van der Waals surface area contributed by atoms with Crippen molar-refractivity contribution in [1.82, 2.24) is 9.62 Å². The van der Waals surface area contributed by atoms with Gasteiger partial charge in [0.25, 0.3) is 0 Å². The van der Waals surface area contributed by atoms with Gasteiger partial charge in [-0.25, -0.2) is 17.5 Å². The molecule has 18 heavy (non-hydrogen) atoms. The van der Waals surface area contributed by atoms with Gasteiger partial charge in [0.05, 0.1) is 4.90 Å². The molecule has 0 aromatic heterocycles. The summed E-state index contributed by atoms with van der Waals surface area (Å²) in [6.07, 6.45) is 1.00. The highest BCUT2D eigenvalue weighted by atomic mass is 32.2. The minimum Gasteiger partial charge on any atom is -0.306 e. The molecule has 1 aliphatic rings. The zero-order valence-corrected chi connectivity index (χ0v) is 11.1. The standard InChI is InChI=1S/C12H17FN2O2S/c1-15-7-6-10(9-15)8-14-18(16,17)12-4-2-11(13)3-5-12/h2-5,10,14H,6-9H2,1H3. The van der Waals surface area contributed by atoms with Crippen LogP contribution in [-0.2, 0) is 10.0 Å². The van der Waals surface area contributed by atoms with Gasteiger partial charge in [0.2, 0.25) is 10.0 Å². The summed E-state index contributed by atoms with van der Waals surface area (Å²) in [5, 5.41) is 0. The van der Waals surface area contributed by atoms with Crippen LogP contribution >= 0.6 is 0 Å². The number of rotatable bonds is 4. The van der Waals surface area contributed by atoms with Gasteiger partial charge >= 0.3 is 0 Å². The zero-order chi connectivity index (χ0) is 13.2. The number of nitrogens with zero attached hydrogens (tertiary/aromatic N) is 1. The average Bonchev–Trinajstić information content (AvgIpc) is 2.73. The Kier molecular flexibility index (Phi) is 3.99. The second-order valence-electron chi connectivity index (χ2n) is 4.72. The number of benzene rings is 1. The number of hydrogen-bond donors (Lipinski definition) is 1. The van der Waals surface area contributed by atoms with Crippen molar-refractivity contribution in [3.63, 3.8) is 0 Å². The highest BCUT2D eigenvalue weighted by molar-refractivity contribution is 7.89. The van der Waals surface area contributed by atoms with Crippen LogP contribution < -0.4 is 4.72 Å². The second-order valence-corrected chi connectivity index (χ2v) is 6.49. The van der Waals surface area contributed by atoms with E-state index in [2.05, 4.69) is 9.62 Å². The van der Waals surface area contributed by atoms with E-state index in [0.29, 0.717) is 12.5 Å². The topological polar surface area (TPSA) is 49.4 Å². The van der Waals surface area contributed by atoms with Crippen LogP contribution in [0, 0.1) is 11.7 Å². The minimum absolute atomic E-state index is 0.107.